The minimum Gasteiger partial charge on any atom is -0.361 e. The third-order valence-corrected chi connectivity index (χ3v) is 2.66. The van der Waals surface area contributed by atoms with Crippen LogP contribution in [0.5, 0.6) is 0 Å². The number of nitrogens with one attached hydrogen (secondary N) is 1. The van der Waals surface area contributed by atoms with E-state index in [0.29, 0.717) is 11.3 Å². The predicted octanol–water partition coefficient (Wildman–Crippen LogP) is 2.96. The van der Waals surface area contributed by atoms with Gasteiger partial charge in [-0.2, -0.15) is 0 Å². The van der Waals surface area contributed by atoms with E-state index in [1.807, 2.05) is 0 Å². The SMILES string of the molecule is Cc1onc(C(=O)Nc2ccc(F)c(F)c2F)c1C. The van der Waals surface area contributed by atoms with E-state index >= 15 is 0 Å². The summed E-state index contributed by atoms with van der Waals surface area (Å²) >= 11 is 0. The zero-order chi connectivity index (χ0) is 14.2. The Kier molecular flexibility index (Phi) is 3.28. The van der Waals surface area contributed by atoms with Crippen molar-refractivity contribution in [1.82, 2.24) is 5.16 Å². The van der Waals surface area contributed by atoms with Crippen LogP contribution in [0, 0.1) is 31.3 Å². The number of aromatic nitrogens is 1. The maximum absolute atomic E-state index is 13.4. The van der Waals surface area contributed by atoms with Gasteiger partial charge >= 0.3 is 0 Å². The standard InChI is InChI=1S/C12H9F3N2O2/c1-5-6(2)19-17-11(5)12(18)16-8-4-3-7(13)9(14)10(8)15/h3-4H,1-2H3,(H,16,18). The van der Waals surface area contributed by atoms with Gasteiger partial charge in [-0.15, -0.1) is 0 Å². The van der Waals surface area contributed by atoms with Gasteiger partial charge in [-0.25, -0.2) is 13.2 Å². The molecular formula is C12H9F3N2O2. The lowest BCUT2D eigenvalue weighted by molar-refractivity contribution is 0.101. The first-order valence-corrected chi connectivity index (χ1v) is 5.29. The van der Waals surface area contributed by atoms with Crippen LogP contribution in [0.25, 0.3) is 0 Å². The molecule has 1 heterocycles. The Bertz CT molecular complexity index is 653. The van der Waals surface area contributed by atoms with E-state index in [-0.39, 0.29) is 5.69 Å². The summed E-state index contributed by atoms with van der Waals surface area (Å²) in [6.45, 7) is 3.21. The first-order chi connectivity index (χ1) is 8.91. The second-order valence-electron chi connectivity index (χ2n) is 3.89. The molecule has 0 fully saturated rings. The topological polar surface area (TPSA) is 55.1 Å². The van der Waals surface area contributed by atoms with Gasteiger partial charge in [0.2, 0.25) is 0 Å². The molecule has 1 aromatic heterocycles. The normalized spacial score (nSPS) is 10.6. The average Bonchev–Trinajstić information content (AvgIpc) is 2.71. The molecule has 1 amide bonds. The monoisotopic (exact) mass is 270 g/mol. The van der Waals surface area contributed by atoms with Gasteiger partial charge in [0.05, 0.1) is 5.69 Å². The van der Waals surface area contributed by atoms with Crippen molar-refractivity contribution in [1.29, 1.82) is 0 Å². The second-order valence-corrected chi connectivity index (χ2v) is 3.89. The van der Waals surface area contributed by atoms with Gasteiger partial charge in [0.1, 0.15) is 5.76 Å². The number of rotatable bonds is 2. The Hall–Kier alpha value is -2.31. The molecule has 100 valence electrons. The molecule has 0 atom stereocenters. The number of hydrogen-bond acceptors (Lipinski definition) is 3. The van der Waals surface area contributed by atoms with E-state index in [0.717, 1.165) is 12.1 Å². The molecule has 0 spiro atoms. The summed E-state index contributed by atoms with van der Waals surface area (Å²) in [7, 11) is 0. The smallest absolute Gasteiger partial charge is 0.278 e. The molecule has 0 aliphatic carbocycles. The number of amides is 1. The average molecular weight is 270 g/mol. The molecule has 4 nitrogen and oxygen atoms in total. The van der Waals surface area contributed by atoms with Crippen molar-refractivity contribution in [2.45, 2.75) is 13.8 Å². The molecule has 0 saturated heterocycles. The Morgan fingerprint density at radius 1 is 1.21 bits per heavy atom. The molecule has 0 radical (unpaired) electrons. The highest BCUT2D eigenvalue weighted by molar-refractivity contribution is 6.03. The molecule has 19 heavy (non-hydrogen) atoms. The number of halogens is 3. The van der Waals surface area contributed by atoms with Gasteiger partial charge in [-0.05, 0) is 26.0 Å². The van der Waals surface area contributed by atoms with Crippen LogP contribution in [0.4, 0.5) is 18.9 Å². The molecule has 0 bridgehead atoms. The second kappa shape index (κ2) is 4.75. The quantitative estimate of drug-likeness (QED) is 0.853. The Morgan fingerprint density at radius 2 is 1.89 bits per heavy atom. The van der Waals surface area contributed by atoms with E-state index in [9.17, 15) is 18.0 Å². The fraction of sp³-hybridized carbons (Fsp3) is 0.167. The third-order valence-electron chi connectivity index (χ3n) is 2.66. The van der Waals surface area contributed by atoms with Crippen molar-refractivity contribution < 1.29 is 22.5 Å². The van der Waals surface area contributed by atoms with Crippen LogP contribution in [-0.2, 0) is 0 Å². The summed E-state index contributed by atoms with van der Waals surface area (Å²) < 4.78 is 43.9. The molecule has 0 saturated carbocycles. The van der Waals surface area contributed by atoms with Crippen LogP contribution in [-0.4, -0.2) is 11.1 Å². The van der Waals surface area contributed by atoms with Crippen LogP contribution in [0.15, 0.2) is 16.7 Å². The summed E-state index contributed by atoms with van der Waals surface area (Å²) in [6, 6.07) is 1.64. The number of benzene rings is 1. The first-order valence-electron chi connectivity index (χ1n) is 5.29. The molecule has 1 aromatic carbocycles. The summed E-state index contributed by atoms with van der Waals surface area (Å²) in [5.74, 6) is -4.77. The first kappa shape index (κ1) is 13.1. The highest BCUT2D eigenvalue weighted by atomic mass is 19.2. The van der Waals surface area contributed by atoms with E-state index in [1.165, 1.54) is 0 Å². The van der Waals surface area contributed by atoms with Crippen LogP contribution < -0.4 is 5.32 Å². The maximum atomic E-state index is 13.4. The molecule has 1 N–H and O–H groups in total. The zero-order valence-electron chi connectivity index (χ0n) is 10.1. The lowest BCUT2D eigenvalue weighted by Crippen LogP contribution is -2.15. The predicted molar refractivity (Wildman–Crippen MR) is 60.2 cm³/mol. The number of carbonyl (C=O) groups is 1. The minimum absolute atomic E-state index is 0.0402. The van der Waals surface area contributed by atoms with Crippen LogP contribution in [0.3, 0.4) is 0 Å². The lowest BCUT2D eigenvalue weighted by Gasteiger charge is -2.05. The van der Waals surface area contributed by atoms with E-state index in [2.05, 4.69) is 10.5 Å². The van der Waals surface area contributed by atoms with Gasteiger partial charge in [0.25, 0.3) is 5.91 Å². The number of nitrogens with zero attached hydrogens (tertiary/aromatic N) is 1. The minimum atomic E-state index is -1.65. The summed E-state index contributed by atoms with van der Waals surface area (Å²) in [6.07, 6.45) is 0. The summed E-state index contributed by atoms with van der Waals surface area (Å²) in [5.41, 5.74) is -0.0221. The maximum Gasteiger partial charge on any atom is 0.278 e. The van der Waals surface area contributed by atoms with Crippen molar-refractivity contribution >= 4 is 11.6 Å². The van der Waals surface area contributed by atoms with Crippen molar-refractivity contribution in [2.75, 3.05) is 5.32 Å². The Morgan fingerprint density at radius 3 is 2.47 bits per heavy atom. The number of anilines is 1. The summed E-state index contributed by atoms with van der Waals surface area (Å²) in [5, 5.41) is 5.61. The fourth-order valence-electron chi connectivity index (χ4n) is 1.43. The van der Waals surface area contributed by atoms with Gasteiger partial charge in [-0.3, -0.25) is 4.79 Å². The van der Waals surface area contributed by atoms with Crippen LogP contribution in [0.2, 0.25) is 0 Å². The van der Waals surface area contributed by atoms with Crippen molar-refractivity contribution in [3.8, 4) is 0 Å². The number of aryl methyl sites for hydroxylation is 1. The molecular weight excluding hydrogens is 261 g/mol. The summed E-state index contributed by atoms with van der Waals surface area (Å²) in [4.78, 5) is 11.8. The zero-order valence-corrected chi connectivity index (χ0v) is 10.1. The van der Waals surface area contributed by atoms with Crippen LogP contribution in [0.1, 0.15) is 21.8 Å². The van der Waals surface area contributed by atoms with Crippen molar-refractivity contribution in [3.63, 3.8) is 0 Å². The molecule has 2 rings (SSSR count). The fourth-order valence-corrected chi connectivity index (χ4v) is 1.43. The van der Waals surface area contributed by atoms with Crippen molar-refractivity contribution in [3.05, 3.63) is 46.6 Å². The Balaban J connectivity index is 2.30. The largest absolute Gasteiger partial charge is 0.361 e. The van der Waals surface area contributed by atoms with Gasteiger partial charge in [0.15, 0.2) is 23.1 Å². The van der Waals surface area contributed by atoms with Gasteiger partial charge in [-0.1, -0.05) is 5.16 Å². The number of carbonyl (C=O) groups excluding carboxylic acids is 1. The molecule has 0 aliphatic heterocycles. The Labute approximate surface area is 106 Å². The van der Waals surface area contributed by atoms with E-state index < -0.39 is 29.0 Å². The van der Waals surface area contributed by atoms with Gasteiger partial charge in [0, 0.05) is 5.56 Å². The van der Waals surface area contributed by atoms with Gasteiger partial charge < -0.3 is 9.84 Å². The lowest BCUT2D eigenvalue weighted by atomic mass is 10.2. The third kappa shape index (κ3) is 2.31. The van der Waals surface area contributed by atoms with E-state index in [1.54, 1.807) is 13.8 Å². The highest BCUT2D eigenvalue weighted by Crippen LogP contribution is 2.21. The molecule has 7 heteroatoms. The molecule has 2 aromatic rings. The van der Waals surface area contributed by atoms with E-state index in [4.69, 9.17) is 4.52 Å². The van der Waals surface area contributed by atoms with Crippen LogP contribution >= 0.6 is 0 Å². The highest BCUT2D eigenvalue weighted by Gasteiger charge is 2.20. The van der Waals surface area contributed by atoms with Crippen molar-refractivity contribution in [2.24, 2.45) is 0 Å². The number of hydrogen-bond donors (Lipinski definition) is 1. The molecule has 0 aliphatic rings. The molecule has 0 unspecified atom stereocenters.